The standard InChI is InChI=1S/C62H117NO18/c1-3-5-7-9-11-13-15-16-17-18-19-20-21-22-23-24-25-26-27-28-30-32-34-36-38-40-50(68)63-45(46(67)39-37-35-33-31-29-14-12-10-8-6-4-2)44-76-60-56(74)53(71)58(48(42-65)78-60)81-62-57(75)54(72)59(49(43-66)79-62)80-61-55(73)52(70)51(69)47(41-64)77-61/h18-19,45-49,51-62,64-67,69-75H,3-17,20-44H2,1-2H3,(H,63,68)/b19-18-. The largest absolute Gasteiger partial charge is 0.394 e. The lowest BCUT2D eigenvalue weighted by Crippen LogP contribution is -2.66. The van der Waals surface area contributed by atoms with E-state index in [4.69, 9.17) is 28.4 Å². The fraction of sp³-hybridized carbons (Fsp3) is 0.952. The van der Waals surface area contributed by atoms with Crippen LogP contribution in [0.25, 0.3) is 0 Å². The molecule has 17 atom stereocenters. The highest BCUT2D eigenvalue weighted by Gasteiger charge is 2.53. The van der Waals surface area contributed by atoms with Gasteiger partial charge in [0.25, 0.3) is 0 Å². The average molecular weight is 1160 g/mol. The monoisotopic (exact) mass is 1160 g/mol. The highest BCUT2D eigenvalue weighted by atomic mass is 16.8. The van der Waals surface area contributed by atoms with Crippen LogP contribution in [0.15, 0.2) is 12.2 Å². The molecule has 19 nitrogen and oxygen atoms in total. The predicted octanol–water partition coefficient (Wildman–Crippen LogP) is 6.94. The number of unbranched alkanes of at least 4 members (excludes halogenated alkanes) is 31. The highest BCUT2D eigenvalue weighted by molar-refractivity contribution is 5.76. The van der Waals surface area contributed by atoms with Gasteiger partial charge in [0, 0.05) is 6.42 Å². The Hall–Kier alpha value is -1.47. The minimum atomic E-state index is -1.97. The van der Waals surface area contributed by atoms with Gasteiger partial charge in [-0.05, 0) is 38.5 Å². The summed E-state index contributed by atoms with van der Waals surface area (Å²) in [6.45, 7) is 1.79. The molecule has 3 saturated heterocycles. The molecule has 0 aromatic carbocycles. The first-order chi connectivity index (χ1) is 39.3. The number of hydrogen-bond acceptors (Lipinski definition) is 18. The number of carbonyl (C=O) groups is 1. The van der Waals surface area contributed by atoms with Crippen molar-refractivity contribution in [1.82, 2.24) is 5.32 Å². The molecule has 3 heterocycles. The van der Waals surface area contributed by atoms with Crippen LogP contribution in [0.1, 0.15) is 245 Å². The molecule has 3 aliphatic rings. The number of rotatable bonds is 49. The van der Waals surface area contributed by atoms with Crippen LogP contribution in [-0.2, 0) is 33.2 Å². The molecule has 478 valence electrons. The van der Waals surface area contributed by atoms with E-state index in [0.29, 0.717) is 12.8 Å². The van der Waals surface area contributed by atoms with E-state index in [-0.39, 0.29) is 18.9 Å². The van der Waals surface area contributed by atoms with Crippen LogP contribution in [0, 0.1) is 0 Å². The normalized spacial score (nSPS) is 29.8. The van der Waals surface area contributed by atoms with Crippen molar-refractivity contribution in [1.29, 1.82) is 0 Å². The number of hydrogen-bond donors (Lipinski definition) is 12. The van der Waals surface area contributed by atoms with Gasteiger partial charge in [-0.25, -0.2) is 0 Å². The summed E-state index contributed by atoms with van der Waals surface area (Å²) in [6.07, 6.45) is 20.2. The zero-order valence-electron chi connectivity index (χ0n) is 50.0. The third-order valence-electron chi connectivity index (χ3n) is 16.6. The van der Waals surface area contributed by atoms with E-state index >= 15 is 0 Å². The Balaban J connectivity index is 1.41. The summed E-state index contributed by atoms with van der Waals surface area (Å²) in [6, 6.07) is -0.882. The molecule has 81 heavy (non-hydrogen) atoms. The van der Waals surface area contributed by atoms with Crippen LogP contribution in [0.5, 0.6) is 0 Å². The topological polar surface area (TPSA) is 307 Å². The van der Waals surface area contributed by atoms with Crippen LogP contribution in [0.4, 0.5) is 0 Å². The number of carbonyl (C=O) groups excluding carboxylic acids is 1. The molecule has 0 bridgehead atoms. The van der Waals surface area contributed by atoms with Gasteiger partial charge in [-0.15, -0.1) is 0 Å². The van der Waals surface area contributed by atoms with Crippen molar-refractivity contribution in [2.75, 3.05) is 26.4 Å². The predicted molar refractivity (Wildman–Crippen MR) is 310 cm³/mol. The van der Waals surface area contributed by atoms with Gasteiger partial charge < -0.3 is 89.9 Å². The van der Waals surface area contributed by atoms with E-state index in [1.165, 1.54) is 167 Å². The Labute approximate surface area is 486 Å². The molecule has 19 heteroatoms. The van der Waals surface area contributed by atoms with Crippen LogP contribution in [0.2, 0.25) is 0 Å². The van der Waals surface area contributed by atoms with Gasteiger partial charge in [0.1, 0.15) is 73.2 Å². The molecule has 3 fully saturated rings. The zero-order valence-corrected chi connectivity index (χ0v) is 50.0. The van der Waals surface area contributed by atoms with E-state index in [1.54, 1.807) is 0 Å². The number of aliphatic hydroxyl groups excluding tert-OH is 11. The lowest BCUT2D eigenvalue weighted by atomic mass is 9.96. The lowest BCUT2D eigenvalue weighted by molar-refractivity contribution is -0.379. The maximum absolute atomic E-state index is 13.4. The number of amides is 1. The summed E-state index contributed by atoms with van der Waals surface area (Å²) in [5.74, 6) is -0.241. The van der Waals surface area contributed by atoms with Crippen LogP contribution in [0.3, 0.4) is 0 Å². The second-order valence-electron chi connectivity index (χ2n) is 23.6. The summed E-state index contributed by atoms with van der Waals surface area (Å²) in [5.41, 5.74) is 0. The molecule has 0 radical (unpaired) electrons. The molecule has 0 saturated carbocycles. The first-order valence-electron chi connectivity index (χ1n) is 32.4. The molecule has 1 amide bonds. The highest BCUT2D eigenvalue weighted by Crippen LogP contribution is 2.33. The Kier molecular flexibility index (Phi) is 41.7. The van der Waals surface area contributed by atoms with Crippen molar-refractivity contribution in [3.05, 3.63) is 12.2 Å². The zero-order chi connectivity index (χ0) is 59.0. The fourth-order valence-electron chi connectivity index (χ4n) is 11.3. The number of aliphatic hydroxyl groups is 11. The Morgan fingerprint density at radius 2 is 0.778 bits per heavy atom. The maximum Gasteiger partial charge on any atom is 0.220 e. The van der Waals surface area contributed by atoms with Crippen molar-refractivity contribution in [2.24, 2.45) is 0 Å². The molecule has 0 aromatic heterocycles. The van der Waals surface area contributed by atoms with Crippen LogP contribution < -0.4 is 5.32 Å². The summed E-state index contributed by atoms with van der Waals surface area (Å²) >= 11 is 0. The Bertz CT molecular complexity index is 1530. The number of ether oxygens (including phenoxy) is 6. The van der Waals surface area contributed by atoms with Gasteiger partial charge in [0.15, 0.2) is 18.9 Å². The van der Waals surface area contributed by atoms with E-state index in [0.717, 1.165) is 44.9 Å². The Morgan fingerprint density at radius 3 is 1.20 bits per heavy atom. The van der Waals surface area contributed by atoms with E-state index in [9.17, 15) is 61.0 Å². The van der Waals surface area contributed by atoms with Gasteiger partial charge in [-0.1, -0.05) is 212 Å². The summed E-state index contributed by atoms with van der Waals surface area (Å²) in [4.78, 5) is 13.4. The smallest absolute Gasteiger partial charge is 0.220 e. The molecular formula is C62H117NO18. The van der Waals surface area contributed by atoms with Gasteiger partial charge >= 0.3 is 0 Å². The molecule has 0 spiro atoms. The summed E-state index contributed by atoms with van der Waals surface area (Å²) < 4.78 is 34.3. The molecule has 0 aliphatic carbocycles. The quantitative estimate of drug-likeness (QED) is 0.0217. The van der Waals surface area contributed by atoms with Gasteiger partial charge in [-0.2, -0.15) is 0 Å². The van der Waals surface area contributed by atoms with Gasteiger partial charge in [-0.3, -0.25) is 4.79 Å². The first kappa shape index (κ1) is 73.8. The minimum Gasteiger partial charge on any atom is -0.394 e. The molecule has 12 N–H and O–H groups in total. The number of allylic oxidation sites excluding steroid dienone is 2. The molecule has 3 aliphatic heterocycles. The molecule has 0 aromatic rings. The average Bonchev–Trinajstić information content (AvgIpc) is 3.51. The third kappa shape index (κ3) is 29.2. The SMILES string of the molecule is CCCCCCCCCC/C=C\CCCCCCCCCCCCCCCC(=O)NC(COC1OC(CO)C(OC2OC(CO)C(OC3OC(CO)C(O)C(O)C3O)C(O)C2O)C(O)C1O)C(O)CCCCCCCCCCCCC. The van der Waals surface area contributed by atoms with E-state index in [2.05, 4.69) is 31.3 Å². The fourth-order valence-corrected chi connectivity index (χ4v) is 11.3. The van der Waals surface area contributed by atoms with Crippen LogP contribution in [-0.4, -0.2) is 193 Å². The van der Waals surface area contributed by atoms with Crippen LogP contribution >= 0.6 is 0 Å². The summed E-state index contributed by atoms with van der Waals surface area (Å²) in [5, 5.41) is 120. The van der Waals surface area contributed by atoms with E-state index in [1.807, 2.05) is 0 Å². The number of nitrogens with one attached hydrogen (secondary N) is 1. The van der Waals surface area contributed by atoms with Crippen molar-refractivity contribution in [3.63, 3.8) is 0 Å². The second-order valence-corrected chi connectivity index (χ2v) is 23.6. The summed E-state index contributed by atoms with van der Waals surface area (Å²) in [7, 11) is 0. The van der Waals surface area contributed by atoms with Gasteiger partial charge in [0.05, 0.1) is 38.6 Å². The van der Waals surface area contributed by atoms with Gasteiger partial charge in [0.2, 0.25) is 5.91 Å². The minimum absolute atomic E-state index is 0.241. The first-order valence-corrected chi connectivity index (χ1v) is 32.4. The van der Waals surface area contributed by atoms with Crippen molar-refractivity contribution < 1.29 is 89.4 Å². The lowest BCUT2D eigenvalue weighted by Gasteiger charge is -2.48. The second kappa shape index (κ2) is 45.8. The van der Waals surface area contributed by atoms with E-state index < -0.39 is 124 Å². The maximum atomic E-state index is 13.4. The van der Waals surface area contributed by atoms with Crippen molar-refractivity contribution in [3.8, 4) is 0 Å². The van der Waals surface area contributed by atoms with Crippen molar-refractivity contribution in [2.45, 2.75) is 349 Å². The Morgan fingerprint density at radius 1 is 0.432 bits per heavy atom. The third-order valence-corrected chi connectivity index (χ3v) is 16.6. The molecule has 3 rings (SSSR count). The molecule has 17 unspecified atom stereocenters. The molecular weight excluding hydrogens is 1050 g/mol. The van der Waals surface area contributed by atoms with Crippen molar-refractivity contribution >= 4 is 5.91 Å².